The molecule has 0 amide bonds. The molecule has 0 saturated carbocycles. The Morgan fingerprint density at radius 1 is 0.966 bits per heavy atom. The van der Waals surface area contributed by atoms with Gasteiger partial charge in [-0.25, -0.2) is 4.89 Å². The van der Waals surface area contributed by atoms with Crippen molar-refractivity contribution >= 4 is 5.97 Å². The van der Waals surface area contributed by atoms with Gasteiger partial charge in [-0.05, 0) is 32.3 Å². The molecule has 29 heavy (non-hydrogen) atoms. The van der Waals surface area contributed by atoms with Gasteiger partial charge in [0.1, 0.15) is 6.10 Å². The summed E-state index contributed by atoms with van der Waals surface area (Å²) in [6, 6.07) is 0. The molecule has 1 aliphatic heterocycles. The molecule has 1 heterocycles. The first-order valence-corrected chi connectivity index (χ1v) is 11.4. The molecular weight excluding hydrogens is 368 g/mol. The van der Waals surface area contributed by atoms with E-state index < -0.39 is 11.9 Å². The number of esters is 1. The molecule has 1 rings (SSSR count). The molecular formula is C24H42O5. The van der Waals surface area contributed by atoms with Crippen molar-refractivity contribution in [3.8, 4) is 0 Å². The standard InChI is InChI=1S/C24H42O5/c1-4-5-6-7-8-9-10-11-12-13-14-15-16-17-19-24(27-3)20-18-22(28-29-24)21-23(25)26-2/h4-5,18,20,22H,6-17,19,21H2,1-3H3/b5-4+/t22-,24+/m1/s1. The van der Waals surface area contributed by atoms with Crippen molar-refractivity contribution in [3.63, 3.8) is 0 Å². The number of carbonyl (C=O) groups excluding carboxylic acids is 1. The van der Waals surface area contributed by atoms with E-state index in [1.807, 2.05) is 12.2 Å². The number of methoxy groups -OCH3 is 2. The topological polar surface area (TPSA) is 54.0 Å². The average molecular weight is 411 g/mol. The maximum Gasteiger partial charge on any atom is 0.308 e. The second-order valence-corrected chi connectivity index (χ2v) is 7.87. The highest BCUT2D eigenvalue weighted by molar-refractivity contribution is 5.70. The van der Waals surface area contributed by atoms with Gasteiger partial charge in [0.25, 0.3) is 0 Å². The van der Waals surface area contributed by atoms with Gasteiger partial charge in [-0.3, -0.25) is 4.79 Å². The first kappa shape index (κ1) is 25.9. The summed E-state index contributed by atoms with van der Waals surface area (Å²) in [6.07, 6.45) is 24.1. The molecule has 0 unspecified atom stereocenters. The first-order chi connectivity index (χ1) is 14.2. The highest BCUT2D eigenvalue weighted by atomic mass is 17.2. The van der Waals surface area contributed by atoms with Crippen LogP contribution in [-0.4, -0.2) is 32.1 Å². The third-order valence-electron chi connectivity index (χ3n) is 5.45. The minimum Gasteiger partial charge on any atom is -0.469 e. The fourth-order valence-electron chi connectivity index (χ4n) is 3.53. The van der Waals surface area contributed by atoms with Crippen molar-refractivity contribution in [3.05, 3.63) is 24.3 Å². The predicted molar refractivity (Wildman–Crippen MR) is 116 cm³/mol. The fraction of sp³-hybridized carbons (Fsp3) is 0.792. The molecule has 1 aliphatic rings. The van der Waals surface area contributed by atoms with Crippen molar-refractivity contribution < 1.29 is 24.0 Å². The van der Waals surface area contributed by atoms with Crippen molar-refractivity contribution in [1.29, 1.82) is 0 Å². The fourth-order valence-corrected chi connectivity index (χ4v) is 3.53. The van der Waals surface area contributed by atoms with Crippen LogP contribution in [0, 0.1) is 0 Å². The summed E-state index contributed by atoms with van der Waals surface area (Å²) in [5.41, 5.74) is 0. The number of unbranched alkanes of at least 4 members (excludes halogenated alkanes) is 11. The van der Waals surface area contributed by atoms with Gasteiger partial charge < -0.3 is 9.47 Å². The highest BCUT2D eigenvalue weighted by Gasteiger charge is 2.34. The summed E-state index contributed by atoms with van der Waals surface area (Å²) >= 11 is 0. The zero-order chi connectivity index (χ0) is 21.2. The number of hydrogen-bond donors (Lipinski definition) is 0. The van der Waals surface area contributed by atoms with Crippen molar-refractivity contribution in [1.82, 2.24) is 0 Å². The molecule has 0 saturated heterocycles. The Hall–Kier alpha value is -1.17. The molecule has 0 aromatic heterocycles. The summed E-state index contributed by atoms with van der Waals surface area (Å²) < 4.78 is 10.2. The Morgan fingerprint density at radius 3 is 2.03 bits per heavy atom. The van der Waals surface area contributed by atoms with Crippen molar-refractivity contribution in [2.24, 2.45) is 0 Å². The lowest BCUT2D eigenvalue weighted by molar-refractivity contribution is -0.428. The molecule has 5 heteroatoms. The summed E-state index contributed by atoms with van der Waals surface area (Å²) in [4.78, 5) is 22.1. The summed E-state index contributed by atoms with van der Waals surface area (Å²) in [5, 5.41) is 0. The lowest BCUT2D eigenvalue weighted by Crippen LogP contribution is -2.38. The normalized spacial score (nSPS) is 21.7. The van der Waals surface area contributed by atoms with E-state index in [0.717, 1.165) is 12.8 Å². The molecule has 0 aromatic carbocycles. The van der Waals surface area contributed by atoms with Gasteiger partial charge in [0, 0.05) is 13.5 Å². The second kappa shape index (κ2) is 16.6. The van der Waals surface area contributed by atoms with Gasteiger partial charge in [-0.1, -0.05) is 76.0 Å². The van der Waals surface area contributed by atoms with Crippen LogP contribution in [0.3, 0.4) is 0 Å². The van der Waals surface area contributed by atoms with E-state index in [-0.39, 0.29) is 12.4 Å². The van der Waals surface area contributed by atoms with Crippen LogP contribution in [0.5, 0.6) is 0 Å². The Labute approximate surface area is 177 Å². The van der Waals surface area contributed by atoms with Gasteiger partial charge >= 0.3 is 5.97 Å². The SMILES string of the molecule is C/C=C/CCCCCCCCCCCCC[C@@]1(OC)C=C[C@H](CC(=O)OC)OO1. The maximum absolute atomic E-state index is 11.3. The molecule has 5 nitrogen and oxygen atoms in total. The number of rotatable bonds is 17. The number of ether oxygens (including phenoxy) is 2. The lowest BCUT2D eigenvalue weighted by Gasteiger charge is -2.32. The molecule has 0 aromatic rings. The van der Waals surface area contributed by atoms with Crippen LogP contribution in [0.15, 0.2) is 24.3 Å². The van der Waals surface area contributed by atoms with E-state index in [1.54, 1.807) is 7.11 Å². The first-order valence-electron chi connectivity index (χ1n) is 11.4. The van der Waals surface area contributed by atoms with Gasteiger partial charge in [0.05, 0.1) is 13.5 Å². The number of hydrogen-bond acceptors (Lipinski definition) is 5. The zero-order valence-electron chi connectivity index (χ0n) is 18.8. The average Bonchev–Trinajstić information content (AvgIpc) is 2.75. The Kier molecular flexibility index (Phi) is 14.8. The largest absolute Gasteiger partial charge is 0.469 e. The minimum absolute atomic E-state index is 0.142. The predicted octanol–water partition coefficient (Wildman–Crippen LogP) is 6.43. The number of carbonyl (C=O) groups is 1. The van der Waals surface area contributed by atoms with E-state index >= 15 is 0 Å². The Bertz CT molecular complexity index is 474. The smallest absolute Gasteiger partial charge is 0.308 e. The lowest BCUT2D eigenvalue weighted by atomic mass is 10.0. The van der Waals surface area contributed by atoms with Crippen LogP contribution in [0.1, 0.15) is 96.8 Å². The van der Waals surface area contributed by atoms with E-state index in [4.69, 9.17) is 14.5 Å². The molecule has 0 spiro atoms. The van der Waals surface area contributed by atoms with Crippen molar-refractivity contribution in [2.45, 2.75) is 109 Å². The van der Waals surface area contributed by atoms with Crippen LogP contribution in [0.2, 0.25) is 0 Å². The molecule has 0 fully saturated rings. The molecule has 0 N–H and O–H groups in total. The summed E-state index contributed by atoms with van der Waals surface area (Å²) in [6.45, 7) is 2.09. The Morgan fingerprint density at radius 2 is 1.55 bits per heavy atom. The van der Waals surface area contributed by atoms with Crippen LogP contribution < -0.4 is 0 Å². The highest BCUT2D eigenvalue weighted by Crippen LogP contribution is 2.28. The molecule has 0 bridgehead atoms. The summed E-state index contributed by atoms with van der Waals surface area (Å²) in [7, 11) is 2.98. The Balaban J connectivity index is 2.01. The monoisotopic (exact) mass is 410 g/mol. The second-order valence-electron chi connectivity index (χ2n) is 7.87. The molecule has 2 atom stereocenters. The molecule has 0 radical (unpaired) electrons. The molecule has 0 aliphatic carbocycles. The van der Waals surface area contributed by atoms with E-state index in [9.17, 15) is 4.79 Å². The van der Waals surface area contributed by atoms with E-state index in [1.165, 1.54) is 77.7 Å². The van der Waals surface area contributed by atoms with Crippen LogP contribution in [0.4, 0.5) is 0 Å². The van der Waals surface area contributed by atoms with Crippen molar-refractivity contribution in [2.75, 3.05) is 14.2 Å². The third-order valence-corrected chi connectivity index (χ3v) is 5.45. The van der Waals surface area contributed by atoms with E-state index in [2.05, 4.69) is 23.8 Å². The third kappa shape index (κ3) is 12.2. The van der Waals surface area contributed by atoms with Gasteiger partial charge in [0.2, 0.25) is 5.79 Å². The number of allylic oxidation sites excluding steroid dienone is 2. The van der Waals surface area contributed by atoms with Crippen LogP contribution >= 0.6 is 0 Å². The summed E-state index contributed by atoms with van der Waals surface area (Å²) in [5.74, 6) is -1.16. The minimum atomic E-state index is -0.834. The quantitative estimate of drug-likeness (QED) is 0.120. The van der Waals surface area contributed by atoms with Gasteiger partial charge in [-0.2, -0.15) is 4.89 Å². The van der Waals surface area contributed by atoms with Crippen LogP contribution in [0.25, 0.3) is 0 Å². The van der Waals surface area contributed by atoms with Crippen LogP contribution in [-0.2, 0) is 24.0 Å². The molecule has 168 valence electrons. The van der Waals surface area contributed by atoms with Gasteiger partial charge in [0.15, 0.2) is 0 Å². The zero-order valence-corrected chi connectivity index (χ0v) is 18.8. The van der Waals surface area contributed by atoms with E-state index in [0.29, 0.717) is 0 Å². The maximum atomic E-state index is 11.3. The van der Waals surface area contributed by atoms with Gasteiger partial charge in [-0.15, -0.1) is 0 Å².